The molecule has 3 aromatic rings. The van der Waals surface area contributed by atoms with Gasteiger partial charge in [-0.25, -0.2) is 8.42 Å². The zero-order valence-corrected chi connectivity index (χ0v) is 21.2. The molecule has 0 fully saturated rings. The number of nitrogens with zero attached hydrogens (tertiary/aromatic N) is 1. The third kappa shape index (κ3) is 5.81. The average molecular weight is 496 g/mol. The van der Waals surface area contributed by atoms with Crippen LogP contribution in [0.15, 0.2) is 59.4 Å². The van der Waals surface area contributed by atoms with Crippen molar-refractivity contribution in [2.75, 3.05) is 11.3 Å². The third-order valence-corrected chi connectivity index (χ3v) is 6.31. The minimum absolute atomic E-state index is 0.0300. The fraction of sp³-hybridized carbons (Fsp3) is 0.231. The summed E-state index contributed by atoms with van der Waals surface area (Å²) in [5, 5.41) is 3.46. The zero-order valence-electron chi connectivity index (χ0n) is 20.4. The van der Waals surface area contributed by atoms with Crippen LogP contribution in [0.4, 0.5) is 5.69 Å². The number of nitrogens with one attached hydrogen (secondary N) is 2. The Hall–Kier alpha value is -3.85. The zero-order chi connectivity index (χ0) is 25.9. The topological polar surface area (TPSA) is 106 Å². The van der Waals surface area contributed by atoms with Gasteiger partial charge in [0.05, 0.1) is 0 Å². The number of carbonyl (C=O) groups excluding carboxylic acids is 1. The summed E-state index contributed by atoms with van der Waals surface area (Å²) in [6.07, 6.45) is 1.58. The lowest BCUT2D eigenvalue weighted by atomic mass is 10.0. The fourth-order valence-corrected chi connectivity index (χ4v) is 4.37. The van der Waals surface area contributed by atoms with E-state index in [1.165, 1.54) is 10.6 Å². The number of hydrogen-bond acceptors (Lipinski definition) is 5. The van der Waals surface area contributed by atoms with Crippen LogP contribution in [-0.4, -0.2) is 25.4 Å². The van der Waals surface area contributed by atoms with Gasteiger partial charge in [-0.3, -0.25) is 14.3 Å². The fourth-order valence-electron chi connectivity index (χ4n) is 3.83. The minimum Gasteiger partial charge on any atom is -0.456 e. The van der Waals surface area contributed by atoms with Gasteiger partial charge < -0.3 is 14.6 Å². The summed E-state index contributed by atoms with van der Waals surface area (Å²) in [5.74, 6) is 0.610. The number of amides is 1. The molecule has 2 aromatic carbocycles. The van der Waals surface area contributed by atoms with Crippen LogP contribution in [0.3, 0.4) is 0 Å². The highest BCUT2D eigenvalue weighted by Gasteiger charge is 2.18. The molecule has 0 aliphatic heterocycles. The Morgan fingerprint density at radius 1 is 1.11 bits per heavy atom. The smallest absolute Gasteiger partial charge is 0.263 e. The average Bonchev–Trinajstić information content (AvgIpc) is 2.78. The Balaban J connectivity index is 2.23. The van der Waals surface area contributed by atoms with Crippen LogP contribution < -0.4 is 20.3 Å². The second-order valence-electron chi connectivity index (χ2n) is 8.27. The van der Waals surface area contributed by atoms with E-state index in [2.05, 4.69) is 16.6 Å². The molecule has 8 nitrogen and oxygen atoms in total. The lowest BCUT2D eigenvalue weighted by Crippen LogP contribution is -2.32. The molecule has 184 valence electrons. The summed E-state index contributed by atoms with van der Waals surface area (Å²) >= 11 is 0. The van der Waals surface area contributed by atoms with Gasteiger partial charge in [0, 0.05) is 42.0 Å². The standard InChI is InChI=1S/C26H29N3O5S/c1-7-27-25(30)22-13-19(15-29(6)26(22)31)21-14-20(28-35(32,33)8-2)9-10-23(21)34-24-17(4)11-16(3)12-18(24)5/h8-15,28H,2,7H2,1,3-6H3,(H,27,30). The van der Waals surface area contributed by atoms with Crippen molar-refractivity contribution in [2.45, 2.75) is 27.7 Å². The monoisotopic (exact) mass is 495 g/mol. The van der Waals surface area contributed by atoms with Crippen molar-refractivity contribution in [1.29, 1.82) is 0 Å². The van der Waals surface area contributed by atoms with Gasteiger partial charge in [-0.15, -0.1) is 0 Å². The van der Waals surface area contributed by atoms with Crippen LogP contribution >= 0.6 is 0 Å². The highest BCUT2D eigenvalue weighted by Crippen LogP contribution is 2.38. The van der Waals surface area contributed by atoms with Crippen molar-refractivity contribution < 1.29 is 17.9 Å². The number of rotatable bonds is 8. The molecule has 0 saturated carbocycles. The summed E-state index contributed by atoms with van der Waals surface area (Å²) < 4.78 is 34.2. The van der Waals surface area contributed by atoms with Crippen molar-refractivity contribution in [3.8, 4) is 22.6 Å². The number of benzene rings is 2. The molecule has 0 radical (unpaired) electrons. The number of pyridine rings is 1. The van der Waals surface area contributed by atoms with Gasteiger partial charge in [-0.1, -0.05) is 24.3 Å². The van der Waals surface area contributed by atoms with Crippen LogP contribution in [0.5, 0.6) is 11.5 Å². The molecule has 0 saturated heterocycles. The number of anilines is 1. The van der Waals surface area contributed by atoms with Gasteiger partial charge in [-0.2, -0.15) is 0 Å². The maximum absolute atomic E-state index is 12.6. The predicted molar refractivity (Wildman–Crippen MR) is 139 cm³/mol. The van der Waals surface area contributed by atoms with E-state index < -0.39 is 21.5 Å². The maximum atomic E-state index is 12.6. The molecule has 0 aliphatic rings. The van der Waals surface area contributed by atoms with Crippen LogP contribution in [-0.2, 0) is 17.1 Å². The Morgan fingerprint density at radius 3 is 2.37 bits per heavy atom. The van der Waals surface area contributed by atoms with Crippen molar-refractivity contribution in [2.24, 2.45) is 7.05 Å². The molecule has 1 aromatic heterocycles. The molecule has 0 bridgehead atoms. The predicted octanol–water partition coefficient (Wildman–Crippen LogP) is 4.40. The Labute approximate surface area is 205 Å². The van der Waals surface area contributed by atoms with E-state index >= 15 is 0 Å². The molecule has 35 heavy (non-hydrogen) atoms. The van der Waals surface area contributed by atoms with Gasteiger partial charge in [0.15, 0.2) is 0 Å². The molecule has 9 heteroatoms. The van der Waals surface area contributed by atoms with Crippen molar-refractivity contribution in [3.05, 3.63) is 87.2 Å². The molecule has 0 spiro atoms. The molecule has 1 amide bonds. The Bertz CT molecular complexity index is 1450. The summed E-state index contributed by atoms with van der Waals surface area (Å²) in [7, 11) is -2.20. The molecule has 1 heterocycles. The lowest BCUT2D eigenvalue weighted by molar-refractivity contribution is 0.0954. The van der Waals surface area contributed by atoms with Crippen molar-refractivity contribution >= 4 is 21.6 Å². The Kier molecular flexibility index (Phi) is 7.50. The first-order valence-corrected chi connectivity index (χ1v) is 12.5. The molecule has 0 aliphatic carbocycles. The number of carbonyl (C=O) groups is 1. The molecule has 0 atom stereocenters. The number of aryl methyl sites for hydroxylation is 4. The third-order valence-electron chi connectivity index (χ3n) is 5.35. The van der Waals surface area contributed by atoms with Crippen LogP contribution in [0.1, 0.15) is 34.0 Å². The van der Waals surface area contributed by atoms with Gasteiger partial charge in [0.25, 0.3) is 21.5 Å². The second kappa shape index (κ2) is 10.2. The van der Waals surface area contributed by atoms with Gasteiger partial charge >= 0.3 is 0 Å². The summed E-state index contributed by atoms with van der Waals surface area (Å²) in [6, 6.07) is 10.3. The Morgan fingerprint density at radius 2 is 1.77 bits per heavy atom. The van der Waals surface area contributed by atoms with E-state index in [0.29, 0.717) is 29.2 Å². The molecular formula is C26H29N3O5S. The molecule has 0 unspecified atom stereocenters. The largest absolute Gasteiger partial charge is 0.456 e. The van der Waals surface area contributed by atoms with Gasteiger partial charge in [0.1, 0.15) is 17.1 Å². The maximum Gasteiger partial charge on any atom is 0.263 e. The van der Waals surface area contributed by atoms with Crippen molar-refractivity contribution in [1.82, 2.24) is 9.88 Å². The highest BCUT2D eigenvalue weighted by atomic mass is 32.2. The number of ether oxygens (including phenoxy) is 1. The van der Waals surface area contributed by atoms with Gasteiger partial charge in [0.2, 0.25) is 0 Å². The van der Waals surface area contributed by atoms with Crippen LogP contribution in [0.2, 0.25) is 0 Å². The number of aromatic nitrogens is 1. The van der Waals surface area contributed by atoms with E-state index in [-0.39, 0.29) is 11.3 Å². The van der Waals surface area contributed by atoms with E-state index in [9.17, 15) is 18.0 Å². The number of sulfonamides is 1. The number of hydrogen-bond donors (Lipinski definition) is 2. The summed E-state index contributed by atoms with van der Waals surface area (Å²) in [4.78, 5) is 25.2. The first-order chi connectivity index (χ1) is 16.5. The van der Waals surface area contributed by atoms with Crippen LogP contribution in [0.25, 0.3) is 11.1 Å². The first-order valence-electron chi connectivity index (χ1n) is 11.0. The molecule has 2 N–H and O–H groups in total. The van der Waals surface area contributed by atoms with E-state index in [4.69, 9.17) is 4.74 Å². The quantitative estimate of drug-likeness (QED) is 0.482. The second-order valence-corrected chi connectivity index (χ2v) is 9.90. The molecule has 3 rings (SSSR count). The summed E-state index contributed by atoms with van der Waals surface area (Å²) in [6.45, 7) is 11.3. The summed E-state index contributed by atoms with van der Waals surface area (Å²) in [5.41, 5.74) is 3.78. The van der Waals surface area contributed by atoms with Gasteiger partial charge in [-0.05, 0) is 63.1 Å². The van der Waals surface area contributed by atoms with E-state index in [1.54, 1.807) is 38.4 Å². The normalized spacial score (nSPS) is 11.1. The highest BCUT2D eigenvalue weighted by molar-refractivity contribution is 7.95. The van der Waals surface area contributed by atoms with E-state index in [0.717, 1.165) is 22.1 Å². The molecular weight excluding hydrogens is 466 g/mol. The van der Waals surface area contributed by atoms with Crippen molar-refractivity contribution in [3.63, 3.8) is 0 Å². The SMILES string of the molecule is C=CS(=O)(=O)Nc1ccc(Oc2c(C)cc(C)cc2C)c(-c2cc(C(=O)NCC)c(=O)n(C)c2)c1. The first kappa shape index (κ1) is 25.8. The lowest BCUT2D eigenvalue weighted by Gasteiger charge is -2.18. The van der Waals surface area contributed by atoms with Crippen LogP contribution in [0, 0.1) is 20.8 Å². The van der Waals surface area contributed by atoms with E-state index in [1.807, 2.05) is 32.9 Å². The minimum atomic E-state index is -3.75.